The minimum atomic E-state index is -0.516. The fourth-order valence-corrected chi connectivity index (χ4v) is 4.56. The van der Waals surface area contributed by atoms with E-state index in [2.05, 4.69) is 24.3 Å². The van der Waals surface area contributed by atoms with Crippen molar-refractivity contribution in [2.75, 3.05) is 14.1 Å². The van der Waals surface area contributed by atoms with Crippen LogP contribution in [0.2, 0.25) is 0 Å². The van der Waals surface area contributed by atoms with Crippen molar-refractivity contribution in [1.82, 2.24) is 14.8 Å². The lowest BCUT2D eigenvalue weighted by molar-refractivity contribution is 0.0923. The maximum atomic E-state index is 13.5. The van der Waals surface area contributed by atoms with Crippen LogP contribution in [0.25, 0.3) is 16.6 Å². The lowest BCUT2D eigenvalue weighted by Crippen LogP contribution is -2.42. The molecule has 1 amide bonds. The molecule has 1 fully saturated rings. The monoisotopic (exact) mass is 419 g/mol. The average Bonchev–Trinajstić information content (AvgIpc) is 3.00. The number of para-hydroxylation sites is 2. The molecular weight excluding hydrogens is 390 g/mol. The molecule has 1 heterocycles. The minimum absolute atomic E-state index is 0.0298. The number of fused-ring (bicyclic) bond motifs is 1. The summed E-state index contributed by atoms with van der Waals surface area (Å²) in [6.45, 7) is 0. The Morgan fingerprint density at radius 3 is 2.45 bits per heavy atom. The van der Waals surface area contributed by atoms with E-state index in [1.807, 2.05) is 36.4 Å². The van der Waals surface area contributed by atoms with E-state index in [0.717, 1.165) is 32.1 Å². The van der Waals surface area contributed by atoms with Crippen LogP contribution in [0.15, 0.2) is 59.4 Å². The summed E-state index contributed by atoms with van der Waals surface area (Å²) in [6, 6.07) is 16.7. The SMILES string of the molecule is CN(C)C1CCCCC(NC(=O)c2c(O)c3ccccc3n(-c3ccccc3)c2=O)C1. The molecule has 162 valence electrons. The highest BCUT2D eigenvalue weighted by Crippen LogP contribution is 2.28. The van der Waals surface area contributed by atoms with Crippen molar-refractivity contribution < 1.29 is 9.90 Å². The van der Waals surface area contributed by atoms with E-state index >= 15 is 0 Å². The van der Waals surface area contributed by atoms with Crippen LogP contribution in [0.4, 0.5) is 0 Å². The minimum Gasteiger partial charge on any atom is -0.506 e. The molecule has 0 bridgehead atoms. The number of aromatic nitrogens is 1. The van der Waals surface area contributed by atoms with Gasteiger partial charge in [0.25, 0.3) is 11.5 Å². The molecular formula is C25H29N3O3. The third kappa shape index (κ3) is 4.21. The van der Waals surface area contributed by atoms with Gasteiger partial charge in [0.05, 0.1) is 5.52 Å². The van der Waals surface area contributed by atoms with Crippen molar-refractivity contribution in [1.29, 1.82) is 0 Å². The predicted molar refractivity (Wildman–Crippen MR) is 123 cm³/mol. The van der Waals surface area contributed by atoms with Gasteiger partial charge in [0.1, 0.15) is 11.3 Å². The van der Waals surface area contributed by atoms with Crippen LogP contribution in [0.1, 0.15) is 42.5 Å². The molecule has 3 aromatic rings. The average molecular weight is 420 g/mol. The summed E-state index contributed by atoms with van der Waals surface area (Å²) in [7, 11) is 4.12. The Morgan fingerprint density at radius 1 is 1.03 bits per heavy atom. The number of amides is 1. The van der Waals surface area contributed by atoms with E-state index in [1.165, 1.54) is 4.57 Å². The van der Waals surface area contributed by atoms with Crippen LogP contribution in [-0.2, 0) is 0 Å². The zero-order chi connectivity index (χ0) is 22.0. The molecule has 2 N–H and O–H groups in total. The molecule has 2 atom stereocenters. The summed E-state index contributed by atoms with van der Waals surface area (Å²) in [4.78, 5) is 28.9. The molecule has 1 aliphatic carbocycles. The molecule has 2 aromatic carbocycles. The van der Waals surface area contributed by atoms with Gasteiger partial charge in [0.15, 0.2) is 0 Å². The molecule has 6 nitrogen and oxygen atoms in total. The van der Waals surface area contributed by atoms with Crippen LogP contribution < -0.4 is 10.9 Å². The molecule has 0 radical (unpaired) electrons. The Morgan fingerprint density at radius 2 is 1.71 bits per heavy atom. The van der Waals surface area contributed by atoms with E-state index in [0.29, 0.717) is 22.6 Å². The van der Waals surface area contributed by atoms with E-state index in [-0.39, 0.29) is 17.4 Å². The van der Waals surface area contributed by atoms with Gasteiger partial charge in [0.2, 0.25) is 0 Å². The lowest BCUT2D eigenvalue weighted by atomic mass is 10.0. The van der Waals surface area contributed by atoms with Crippen molar-refractivity contribution in [3.8, 4) is 11.4 Å². The van der Waals surface area contributed by atoms with Gasteiger partial charge in [-0.05, 0) is 57.6 Å². The van der Waals surface area contributed by atoms with Crippen molar-refractivity contribution >= 4 is 16.8 Å². The molecule has 1 aliphatic rings. The Balaban J connectivity index is 1.77. The maximum Gasteiger partial charge on any atom is 0.272 e. The number of carbonyl (C=O) groups excluding carboxylic acids is 1. The molecule has 6 heteroatoms. The van der Waals surface area contributed by atoms with Crippen LogP contribution in [0, 0.1) is 0 Å². The number of pyridine rings is 1. The Labute approximate surface area is 182 Å². The quantitative estimate of drug-likeness (QED) is 0.633. The second-order valence-corrected chi connectivity index (χ2v) is 8.52. The van der Waals surface area contributed by atoms with Gasteiger partial charge in [-0.2, -0.15) is 0 Å². The number of aromatic hydroxyl groups is 1. The number of benzene rings is 2. The number of carbonyl (C=O) groups is 1. The van der Waals surface area contributed by atoms with Gasteiger partial charge in [0, 0.05) is 23.2 Å². The van der Waals surface area contributed by atoms with E-state index in [1.54, 1.807) is 18.2 Å². The molecule has 0 spiro atoms. The second-order valence-electron chi connectivity index (χ2n) is 8.52. The van der Waals surface area contributed by atoms with Gasteiger partial charge < -0.3 is 15.3 Å². The zero-order valence-corrected chi connectivity index (χ0v) is 18.0. The van der Waals surface area contributed by atoms with Gasteiger partial charge in [-0.3, -0.25) is 14.2 Å². The molecule has 0 saturated heterocycles. The molecule has 0 aliphatic heterocycles. The lowest BCUT2D eigenvalue weighted by Gasteiger charge is -2.26. The highest BCUT2D eigenvalue weighted by molar-refractivity contribution is 6.02. The van der Waals surface area contributed by atoms with E-state index in [9.17, 15) is 14.7 Å². The van der Waals surface area contributed by atoms with Gasteiger partial charge in [-0.25, -0.2) is 0 Å². The van der Waals surface area contributed by atoms with Crippen LogP contribution in [-0.4, -0.2) is 46.7 Å². The highest BCUT2D eigenvalue weighted by atomic mass is 16.3. The number of hydrogen-bond acceptors (Lipinski definition) is 4. The first-order valence-electron chi connectivity index (χ1n) is 10.9. The standard InChI is InChI=1S/C25H29N3O3/c1-27(2)19-13-7-6-10-17(16-19)26-24(30)22-23(29)20-14-8-9-15-21(20)28(25(22)31)18-11-4-3-5-12-18/h3-5,8-9,11-12,14-15,17,19,29H,6-7,10,13,16H2,1-2H3,(H,26,30). The zero-order valence-electron chi connectivity index (χ0n) is 18.0. The summed E-state index contributed by atoms with van der Waals surface area (Å²) in [5.41, 5.74) is 0.501. The molecule has 1 aromatic heterocycles. The molecule has 1 saturated carbocycles. The molecule has 4 rings (SSSR count). The van der Waals surface area contributed by atoms with Gasteiger partial charge in [-0.1, -0.05) is 43.2 Å². The highest BCUT2D eigenvalue weighted by Gasteiger charge is 2.27. The molecule has 2 unspecified atom stereocenters. The van der Waals surface area contributed by atoms with Crippen LogP contribution in [0.5, 0.6) is 5.75 Å². The first-order valence-corrected chi connectivity index (χ1v) is 10.9. The third-order valence-corrected chi connectivity index (χ3v) is 6.26. The number of nitrogens with zero attached hydrogens (tertiary/aromatic N) is 2. The number of rotatable bonds is 4. The predicted octanol–water partition coefficient (Wildman–Crippen LogP) is 3.69. The van der Waals surface area contributed by atoms with Gasteiger partial charge >= 0.3 is 0 Å². The number of nitrogens with one attached hydrogen (secondary N) is 1. The third-order valence-electron chi connectivity index (χ3n) is 6.26. The fraction of sp³-hybridized carbons (Fsp3) is 0.360. The first-order chi connectivity index (χ1) is 15.0. The summed E-state index contributed by atoms with van der Waals surface area (Å²) >= 11 is 0. The summed E-state index contributed by atoms with van der Waals surface area (Å²) in [6.07, 6.45) is 4.96. The summed E-state index contributed by atoms with van der Waals surface area (Å²) < 4.78 is 1.50. The van der Waals surface area contributed by atoms with Crippen molar-refractivity contribution in [3.05, 3.63) is 70.5 Å². The Hall–Kier alpha value is -3.12. The second kappa shape index (κ2) is 8.94. The van der Waals surface area contributed by atoms with Gasteiger partial charge in [-0.15, -0.1) is 0 Å². The largest absolute Gasteiger partial charge is 0.506 e. The fourth-order valence-electron chi connectivity index (χ4n) is 4.56. The van der Waals surface area contributed by atoms with E-state index in [4.69, 9.17) is 0 Å². The normalized spacial score (nSPS) is 19.3. The number of hydrogen-bond donors (Lipinski definition) is 2. The van der Waals surface area contributed by atoms with E-state index < -0.39 is 11.5 Å². The van der Waals surface area contributed by atoms with Crippen molar-refractivity contribution in [2.45, 2.75) is 44.2 Å². The topological polar surface area (TPSA) is 74.6 Å². The molecule has 31 heavy (non-hydrogen) atoms. The summed E-state index contributed by atoms with van der Waals surface area (Å²) in [5, 5.41) is 14.4. The smallest absolute Gasteiger partial charge is 0.272 e. The van der Waals surface area contributed by atoms with Crippen LogP contribution >= 0.6 is 0 Å². The Kier molecular flexibility index (Phi) is 6.09. The first kappa shape index (κ1) is 21.1. The van der Waals surface area contributed by atoms with Crippen molar-refractivity contribution in [2.24, 2.45) is 0 Å². The summed E-state index contributed by atoms with van der Waals surface area (Å²) in [5.74, 6) is -0.773. The Bertz CT molecular complexity index is 1140. The van der Waals surface area contributed by atoms with Crippen molar-refractivity contribution in [3.63, 3.8) is 0 Å². The maximum absolute atomic E-state index is 13.5. The van der Waals surface area contributed by atoms with Crippen LogP contribution in [0.3, 0.4) is 0 Å².